The van der Waals surface area contributed by atoms with E-state index in [1.165, 1.54) is 0 Å². The van der Waals surface area contributed by atoms with E-state index in [4.69, 9.17) is 9.47 Å². The van der Waals surface area contributed by atoms with Crippen LogP contribution in [0.2, 0.25) is 0 Å². The van der Waals surface area contributed by atoms with Crippen LogP contribution in [0.15, 0.2) is 30.5 Å². The van der Waals surface area contributed by atoms with Crippen LogP contribution in [-0.4, -0.2) is 24.8 Å². The van der Waals surface area contributed by atoms with Crippen LogP contribution >= 0.6 is 0 Å². The molecule has 2 amide bonds. The molecule has 0 saturated heterocycles. The van der Waals surface area contributed by atoms with E-state index in [1.54, 1.807) is 18.1 Å². The van der Waals surface area contributed by atoms with E-state index in [-0.39, 0.29) is 18.9 Å². The fraction of sp³-hybridized carbons (Fsp3) is 0.250. The zero-order valence-corrected chi connectivity index (χ0v) is 9.34. The molecule has 1 N–H and O–H groups in total. The van der Waals surface area contributed by atoms with Crippen molar-refractivity contribution in [3.8, 4) is 11.5 Å². The second kappa shape index (κ2) is 3.69. The Balaban J connectivity index is 1.96. The number of benzene rings is 1. The van der Waals surface area contributed by atoms with Gasteiger partial charge < -0.3 is 19.7 Å². The molecule has 0 bridgehead atoms. The standard InChI is InChI=1S/C12H12N2O3/c1-14-9(4-5-13-12(14)15)8-2-3-10-11(6-8)17-7-16-10/h2-6,9H,7H2,1H3,(H,13,15). The SMILES string of the molecule is CN1C(=O)NC=CC1c1ccc2c(c1)OCO2. The van der Waals surface area contributed by atoms with Crippen LogP contribution in [0, 0.1) is 0 Å². The van der Waals surface area contributed by atoms with E-state index < -0.39 is 0 Å². The third-order valence-electron chi connectivity index (χ3n) is 2.96. The third-order valence-corrected chi connectivity index (χ3v) is 2.96. The van der Waals surface area contributed by atoms with Crippen LogP contribution in [-0.2, 0) is 0 Å². The highest BCUT2D eigenvalue weighted by Gasteiger charge is 2.24. The summed E-state index contributed by atoms with van der Waals surface area (Å²) in [6.07, 6.45) is 3.59. The van der Waals surface area contributed by atoms with Crippen molar-refractivity contribution in [2.75, 3.05) is 13.8 Å². The molecule has 1 atom stereocenters. The molecule has 1 aromatic carbocycles. The number of hydrogen-bond donors (Lipinski definition) is 1. The van der Waals surface area contributed by atoms with Gasteiger partial charge in [0.2, 0.25) is 6.79 Å². The monoisotopic (exact) mass is 232 g/mol. The molecule has 2 heterocycles. The lowest BCUT2D eigenvalue weighted by Gasteiger charge is -2.29. The molecule has 0 aliphatic carbocycles. The summed E-state index contributed by atoms with van der Waals surface area (Å²) in [6.45, 7) is 0.260. The number of urea groups is 1. The van der Waals surface area contributed by atoms with Crippen molar-refractivity contribution in [3.63, 3.8) is 0 Å². The fourth-order valence-corrected chi connectivity index (χ4v) is 2.00. The highest BCUT2D eigenvalue weighted by atomic mass is 16.7. The fourth-order valence-electron chi connectivity index (χ4n) is 2.00. The molecule has 0 fully saturated rings. The number of amides is 2. The van der Waals surface area contributed by atoms with Crippen molar-refractivity contribution >= 4 is 6.03 Å². The number of rotatable bonds is 1. The Labute approximate surface area is 98.6 Å². The van der Waals surface area contributed by atoms with Gasteiger partial charge in [-0.2, -0.15) is 0 Å². The Morgan fingerprint density at radius 3 is 3.06 bits per heavy atom. The lowest BCUT2D eigenvalue weighted by molar-refractivity contribution is 0.173. The van der Waals surface area contributed by atoms with E-state index in [2.05, 4.69) is 5.32 Å². The summed E-state index contributed by atoms with van der Waals surface area (Å²) in [5, 5.41) is 2.63. The van der Waals surface area contributed by atoms with E-state index in [9.17, 15) is 4.79 Å². The van der Waals surface area contributed by atoms with Gasteiger partial charge in [-0.25, -0.2) is 4.79 Å². The van der Waals surface area contributed by atoms with Crippen LogP contribution in [0.25, 0.3) is 0 Å². The Bertz CT molecular complexity index is 499. The molecule has 0 radical (unpaired) electrons. The van der Waals surface area contributed by atoms with Gasteiger partial charge in [0, 0.05) is 13.2 Å². The minimum absolute atomic E-state index is 0.0711. The lowest BCUT2D eigenvalue weighted by Crippen LogP contribution is -2.39. The summed E-state index contributed by atoms with van der Waals surface area (Å²) in [7, 11) is 1.76. The second-order valence-corrected chi connectivity index (χ2v) is 3.98. The van der Waals surface area contributed by atoms with E-state index in [0.29, 0.717) is 0 Å². The zero-order valence-electron chi connectivity index (χ0n) is 9.34. The van der Waals surface area contributed by atoms with E-state index in [1.807, 2.05) is 24.3 Å². The number of hydrogen-bond acceptors (Lipinski definition) is 3. The average Bonchev–Trinajstić information content (AvgIpc) is 2.79. The molecule has 5 nitrogen and oxygen atoms in total. The number of fused-ring (bicyclic) bond motifs is 1. The van der Waals surface area contributed by atoms with Crippen molar-refractivity contribution in [3.05, 3.63) is 36.0 Å². The van der Waals surface area contributed by atoms with Gasteiger partial charge >= 0.3 is 6.03 Å². The Hall–Kier alpha value is -2.17. The molecule has 5 heteroatoms. The number of carbonyl (C=O) groups is 1. The average molecular weight is 232 g/mol. The van der Waals surface area contributed by atoms with E-state index in [0.717, 1.165) is 17.1 Å². The van der Waals surface area contributed by atoms with Crippen LogP contribution in [0.1, 0.15) is 11.6 Å². The highest BCUT2D eigenvalue weighted by molar-refractivity contribution is 5.77. The Kier molecular flexibility index (Phi) is 2.18. The van der Waals surface area contributed by atoms with Gasteiger partial charge in [-0.1, -0.05) is 6.07 Å². The van der Waals surface area contributed by atoms with Gasteiger partial charge in [0.1, 0.15) is 0 Å². The molecule has 1 unspecified atom stereocenters. The topological polar surface area (TPSA) is 50.8 Å². The zero-order chi connectivity index (χ0) is 11.8. The summed E-state index contributed by atoms with van der Waals surface area (Å²) in [6, 6.07) is 5.53. The molecule has 1 aromatic rings. The van der Waals surface area contributed by atoms with Crippen LogP contribution in [0.5, 0.6) is 11.5 Å². The molecule has 3 rings (SSSR count). The Morgan fingerprint density at radius 1 is 1.35 bits per heavy atom. The van der Waals surface area contributed by atoms with Gasteiger partial charge in [0.05, 0.1) is 6.04 Å². The molecule has 0 saturated carbocycles. The van der Waals surface area contributed by atoms with Gasteiger partial charge in [-0.15, -0.1) is 0 Å². The first kappa shape index (κ1) is 10.0. The maximum absolute atomic E-state index is 11.5. The summed E-state index contributed by atoms with van der Waals surface area (Å²) in [5.41, 5.74) is 1.00. The van der Waals surface area contributed by atoms with Gasteiger partial charge in [-0.3, -0.25) is 0 Å². The maximum Gasteiger partial charge on any atom is 0.321 e. The van der Waals surface area contributed by atoms with Crippen molar-refractivity contribution in [1.29, 1.82) is 0 Å². The van der Waals surface area contributed by atoms with Gasteiger partial charge in [-0.05, 0) is 23.8 Å². The molecule has 2 aliphatic heterocycles. The molecular formula is C12H12N2O3. The van der Waals surface area contributed by atoms with Crippen LogP contribution in [0.4, 0.5) is 4.79 Å². The van der Waals surface area contributed by atoms with Crippen molar-refractivity contribution in [1.82, 2.24) is 10.2 Å². The maximum atomic E-state index is 11.5. The summed E-state index contributed by atoms with van der Waals surface area (Å²) in [4.78, 5) is 13.2. The first-order valence-electron chi connectivity index (χ1n) is 5.35. The molecule has 0 aromatic heterocycles. The van der Waals surface area contributed by atoms with Crippen LogP contribution < -0.4 is 14.8 Å². The number of likely N-dealkylation sites (N-methyl/N-ethyl adjacent to an activating group) is 1. The number of ether oxygens (including phenoxy) is 2. The Morgan fingerprint density at radius 2 is 2.18 bits per heavy atom. The largest absolute Gasteiger partial charge is 0.454 e. The normalized spacial score (nSPS) is 21.6. The first-order valence-corrected chi connectivity index (χ1v) is 5.35. The predicted molar refractivity (Wildman–Crippen MR) is 60.7 cm³/mol. The molecule has 2 aliphatic rings. The van der Waals surface area contributed by atoms with Crippen molar-refractivity contribution < 1.29 is 14.3 Å². The van der Waals surface area contributed by atoms with Crippen LogP contribution in [0.3, 0.4) is 0 Å². The van der Waals surface area contributed by atoms with E-state index >= 15 is 0 Å². The number of nitrogens with one attached hydrogen (secondary N) is 1. The molecule has 0 spiro atoms. The molecular weight excluding hydrogens is 220 g/mol. The lowest BCUT2D eigenvalue weighted by atomic mass is 10.0. The van der Waals surface area contributed by atoms with Gasteiger partial charge in [0.25, 0.3) is 0 Å². The first-order chi connectivity index (χ1) is 8.25. The quantitative estimate of drug-likeness (QED) is 0.800. The minimum Gasteiger partial charge on any atom is -0.454 e. The number of carbonyl (C=O) groups excluding carboxylic acids is 1. The smallest absolute Gasteiger partial charge is 0.321 e. The van der Waals surface area contributed by atoms with Gasteiger partial charge in [0.15, 0.2) is 11.5 Å². The summed E-state index contributed by atoms with van der Waals surface area (Å²) < 4.78 is 10.6. The third kappa shape index (κ3) is 1.60. The molecule has 88 valence electrons. The predicted octanol–water partition coefficient (Wildman–Crippen LogP) is 1.63. The van der Waals surface area contributed by atoms with Crippen molar-refractivity contribution in [2.45, 2.75) is 6.04 Å². The molecule has 17 heavy (non-hydrogen) atoms. The number of nitrogens with zero attached hydrogens (tertiary/aromatic N) is 1. The summed E-state index contributed by atoms with van der Waals surface area (Å²) in [5.74, 6) is 1.48. The minimum atomic E-state index is -0.116. The second-order valence-electron chi connectivity index (χ2n) is 3.98. The van der Waals surface area contributed by atoms with Crippen molar-refractivity contribution in [2.24, 2.45) is 0 Å². The summed E-state index contributed by atoms with van der Waals surface area (Å²) >= 11 is 0. The highest BCUT2D eigenvalue weighted by Crippen LogP contribution is 2.35.